The number of nitrogens with zero attached hydrogens (tertiary/aromatic N) is 4. The first-order valence-corrected chi connectivity index (χ1v) is 6.18. The van der Waals surface area contributed by atoms with Gasteiger partial charge in [0, 0.05) is 17.5 Å². The lowest BCUT2D eigenvalue weighted by atomic mass is 10.3. The molecule has 0 aliphatic carbocycles. The molecular weight excluding hydrogens is 232 g/mol. The number of rotatable bonds is 5. The number of halogens is 1. The van der Waals surface area contributed by atoms with Crippen LogP contribution in [0.4, 0.5) is 0 Å². The Morgan fingerprint density at radius 1 is 1.40 bits per heavy atom. The molecule has 0 N–H and O–H groups in total. The van der Waals surface area contributed by atoms with Gasteiger partial charge in [-0.05, 0) is 12.8 Å². The molecule has 0 aliphatic rings. The molecule has 6 heteroatoms. The fraction of sp³-hybridized carbons (Fsp3) is 0.444. The van der Waals surface area contributed by atoms with Gasteiger partial charge in [0.15, 0.2) is 0 Å². The van der Waals surface area contributed by atoms with Gasteiger partial charge in [-0.2, -0.15) is 0 Å². The lowest BCUT2D eigenvalue weighted by Gasteiger charge is -1.94. The van der Waals surface area contributed by atoms with Crippen molar-refractivity contribution in [2.24, 2.45) is 0 Å². The van der Waals surface area contributed by atoms with Crippen molar-refractivity contribution in [3.63, 3.8) is 0 Å². The Morgan fingerprint density at radius 2 is 2.33 bits per heavy atom. The van der Waals surface area contributed by atoms with E-state index in [-0.39, 0.29) is 0 Å². The minimum atomic E-state index is 0.666. The highest BCUT2D eigenvalue weighted by Crippen LogP contribution is 2.04. The molecule has 0 saturated heterocycles. The van der Waals surface area contributed by atoms with Crippen molar-refractivity contribution in [2.75, 3.05) is 5.88 Å². The van der Waals surface area contributed by atoms with Crippen molar-refractivity contribution >= 4 is 22.9 Å². The largest absolute Gasteiger partial charge is 0.248 e. The number of hydrogen-bond acceptors (Lipinski definition) is 4. The normalized spacial score (nSPS) is 10.7. The van der Waals surface area contributed by atoms with E-state index in [0.29, 0.717) is 12.4 Å². The van der Waals surface area contributed by atoms with Crippen molar-refractivity contribution in [3.8, 4) is 0 Å². The summed E-state index contributed by atoms with van der Waals surface area (Å²) in [7, 11) is 0. The van der Waals surface area contributed by atoms with Gasteiger partial charge in [0.2, 0.25) is 0 Å². The molecule has 0 unspecified atom stereocenters. The molecule has 0 amide bonds. The third-order valence-electron chi connectivity index (χ3n) is 1.96. The summed E-state index contributed by atoms with van der Waals surface area (Å²) >= 11 is 7.20. The fourth-order valence-corrected chi connectivity index (χ4v) is 1.94. The second kappa shape index (κ2) is 5.23. The average molecular weight is 243 g/mol. The highest BCUT2D eigenvalue weighted by atomic mass is 35.5. The van der Waals surface area contributed by atoms with Gasteiger partial charge in [-0.15, -0.1) is 28.0 Å². The standard InChI is InChI=1S/C9H11ClN4S/c10-3-1-2-8-4-14(13-12-8)5-9-6-15-7-11-9/h4,6-7H,1-3,5H2. The Hall–Kier alpha value is -0.940. The van der Waals surface area contributed by atoms with E-state index in [2.05, 4.69) is 15.3 Å². The summed E-state index contributed by atoms with van der Waals surface area (Å²) in [5.74, 6) is 0.666. The SMILES string of the molecule is ClCCCc1cn(Cc2cscn2)nn1. The van der Waals surface area contributed by atoms with Crippen LogP contribution < -0.4 is 0 Å². The molecule has 80 valence electrons. The van der Waals surface area contributed by atoms with Crippen LogP contribution in [0, 0.1) is 0 Å². The van der Waals surface area contributed by atoms with Crippen LogP contribution in [0.1, 0.15) is 17.8 Å². The first kappa shape index (κ1) is 10.6. The molecular formula is C9H11ClN4S. The molecule has 0 aromatic carbocycles. The van der Waals surface area contributed by atoms with Crippen molar-refractivity contribution in [3.05, 3.63) is 28.5 Å². The van der Waals surface area contributed by atoms with E-state index in [1.807, 2.05) is 17.1 Å². The minimum Gasteiger partial charge on any atom is -0.248 e. The second-order valence-corrected chi connectivity index (χ2v) is 4.28. The molecule has 4 nitrogen and oxygen atoms in total. The highest BCUT2D eigenvalue weighted by Gasteiger charge is 2.02. The topological polar surface area (TPSA) is 43.6 Å². The van der Waals surface area contributed by atoms with Gasteiger partial charge < -0.3 is 0 Å². The van der Waals surface area contributed by atoms with E-state index < -0.39 is 0 Å². The lowest BCUT2D eigenvalue weighted by molar-refractivity contribution is 0.640. The summed E-state index contributed by atoms with van der Waals surface area (Å²) in [5.41, 5.74) is 3.83. The zero-order valence-electron chi connectivity index (χ0n) is 8.14. The molecule has 0 aliphatic heterocycles. The predicted molar refractivity (Wildman–Crippen MR) is 60.3 cm³/mol. The van der Waals surface area contributed by atoms with Gasteiger partial charge in [-0.3, -0.25) is 0 Å². The number of alkyl halides is 1. The van der Waals surface area contributed by atoms with Crippen LogP contribution in [0.3, 0.4) is 0 Å². The van der Waals surface area contributed by atoms with E-state index in [0.717, 1.165) is 24.2 Å². The summed E-state index contributed by atoms with van der Waals surface area (Å²) in [4.78, 5) is 4.19. The number of aryl methyl sites for hydroxylation is 1. The third kappa shape index (κ3) is 3.00. The van der Waals surface area contributed by atoms with E-state index in [4.69, 9.17) is 11.6 Å². The predicted octanol–water partition coefficient (Wildman–Crippen LogP) is 1.95. The van der Waals surface area contributed by atoms with Crippen LogP contribution in [0.2, 0.25) is 0 Å². The molecule has 0 radical (unpaired) electrons. The average Bonchev–Trinajstić information content (AvgIpc) is 2.87. The number of aromatic nitrogens is 4. The summed E-state index contributed by atoms with van der Waals surface area (Å²) in [6.07, 6.45) is 3.78. The Balaban J connectivity index is 1.95. The van der Waals surface area contributed by atoms with Crippen molar-refractivity contribution in [1.82, 2.24) is 20.0 Å². The van der Waals surface area contributed by atoms with Crippen LogP contribution in [-0.4, -0.2) is 25.9 Å². The zero-order chi connectivity index (χ0) is 10.5. The second-order valence-electron chi connectivity index (χ2n) is 3.18. The first-order chi connectivity index (χ1) is 7.38. The Bertz CT molecular complexity index is 398. The molecule has 0 spiro atoms. The van der Waals surface area contributed by atoms with Crippen molar-refractivity contribution in [2.45, 2.75) is 19.4 Å². The van der Waals surface area contributed by atoms with E-state index in [9.17, 15) is 0 Å². The van der Waals surface area contributed by atoms with E-state index >= 15 is 0 Å². The number of thiazole rings is 1. The van der Waals surface area contributed by atoms with E-state index in [1.165, 1.54) is 0 Å². The van der Waals surface area contributed by atoms with Gasteiger partial charge in [-0.25, -0.2) is 9.67 Å². The molecule has 0 bridgehead atoms. The van der Waals surface area contributed by atoms with Crippen LogP contribution in [0.5, 0.6) is 0 Å². The van der Waals surface area contributed by atoms with Gasteiger partial charge in [0.05, 0.1) is 23.4 Å². The smallest absolute Gasteiger partial charge is 0.0857 e. The molecule has 15 heavy (non-hydrogen) atoms. The Kier molecular flexibility index (Phi) is 3.69. The maximum Gasteiger partial charge on any atom is 0.0857 e. The van der Waals surface area contributed by atoms with Crippen molar-refractivity contribution in [1.29, 1.82) is 0 Å². The summed E-state index contributed by atoms with van der Waals surface area (Å²) in [5, 5.41) is 10.1. The first-order valence-electron chi connectivity index (χ1n) is 4.70. The maximum atomic E-state index is 5.61. The monoisotopic (exact) mass is 242 g/mol. The Morgan fingerprint density at radius 3 is 3.07 bits per heavy atom. The van der Waals surface area contributed by atoms with Crippen LogP contribution in [0.15, 0.2) is 17.1 Å². The lowest BCUT2D eigenvalue weighted by Crippen LogP contribution is -2.00. The molecule has 2 aromatic heterocycles. The molecule has 2 rings (SSSR count). The summed E-state index contributed by atoms with van der Waals surface area (Å²) in [6.45, 7) is 0.692. The van der Waals surface area contributed by atoms with Crippen LogP contribution >= 0.6 is 22.9 Å². The zero-order valence-corrected chi connectivity index (χ0v) is 9.71. The van der Waals surface area contributed by atoms with Crippen molar-refractivity contribution < 1.29 is 0 Å². The number of hydrogen-bond donors (Lipinski definition) is 0. The fourth-order valence-electron chi connectivity index (χ4n) is 1.26. The van der Waals surface area contributed by atoms with Gasteiger partial charge in [0.1, 0.15) is 0 Å². The highest BCUT2D eigenvalue weighted by molar-refractivity contribution is 7.07. The minimum absolute atomic E-state index is 0.666. The van der Waals surface area contributed by atoms with E-state index in [1.54, 1.807) is 16.0 Å². The van der Waals surface area contributed by atoms with Crippen LogP contribution in [0.25, 0.3) is 0 Å². The summed E-state index contributed by atoms with van der Waals surface area (Å²) in [6, 6.07) is 0. The molecule has 0 atom stereocenters. The molecule has 0 saturated carbocycles. The summed E-state index contributed by atoms with van der Waals surface area (Å²) < 4.78 is 1.80. The molecule has 0 fully saturated rings. The quantitative estimate of drug-likeness (QED) is 0.753. The van der Waals surface area contributed by atoms with Gasteiger partial charge in [0.25, 0.3) is 0 Å². The van der Waals surface area contributed by atoms with Crippen LogP contribution in [-0.2, 0) is 13.0 Å². The molecule has 2 heterocycles. The molecule has 2 aromatic rings. The third-order valence-corrected chi connectivity index (χ3v) is 2.86. The van der Waals surface area contributed by atoms with Gasteiger partial charge in [-0.1, -0.05) is 5.21 Å². The Labute approximate surface area is 96.9 Å². The van der Waals surface area contributed by atoms with Gasteiger partial charge >= 0.3 is 0 Å². The maximum absolute atomic E-state index is 5.61.